The summed E-state index contributed by atoms with van der Waals surface area (Å²) in [6.45, 7) is 7.83. The van der Waals surface area contributed by atoms with Crippen molar-refractivity contribution in [2.45, 2.75) is 33.2 Å². The molecule has 1 aliphatic heterocycles. The van der Waals surface area contributed by atoms with Gasteiger partial charge < -0.3 is 18.8 Å². The van der Waals surface area contributed by atoms with E-state index in [0.717, 1.165) is 23.2 Å². The number of hydrogen-bond acceptors (Lipinski definition) is 5. The smallest absolute Gasteiger partial charge is 0.191 e. The van der Waals surface area contributed by atoms with Gasteiger partial charge in [0.05, 0.1) is 34.6 Å². The highest BCUT2D eigenvalue weighted by atomic mass is 35.5. The standard InChI is InChI=1S/C26H29ClN2O4/c1-16(2)22-15-33-24-13-25(32-10-6-9-31-4)20(27)11-18(24)21-12-23(30)19(14-29(21)22)26-17(3)7-5-8-28-26/h5,7-8,11-14,16,22H,6,9-10,15H2,1-4H3/t22-/m0/s1. The zero-order valence-corrected chi connectivity index (χ0v) is 20.2. The molecule has 4 rings (SSSR count). The summed E-state index contributed by atoms with van der Waals surface area (Å²) >= 11 is 6.57. The predicted octanol–water partition coefficient (Wildman–Crippen LogP) is 5.54. The lowest BCUT2D eigenvalue weighted by Crippen LogP contribution is -2.24. The van der Waals surface area contributed by atoms with Gasteiger partial charge >= 0.3 is 0 Å². The first kappa shape index (κ1) is 23.3. The average Bonchev–Trinajstić information content (AvgIpc) is 2.93. The molecule has 1 aromatic carbocycles. The number of nitrogens with zero attached hydrogens (tertiary/aromatic N) is 2. The number of fused-ring (bicyclic) bond motifs is 3. The van der Waals surface area contributed by atoms with E-state index in [9.17, 15) is 4.79 Å². The van der Waals surface area contributed by atoms with Crippen molar-refractivity contribution >= 4 is 11.6 Å². The number of benzene rings is 1. The Morgan fingerprint density at radius 1 is 1.24 bits per heavy atom. The van der Waals surface area contributed by atoms with Crippen LogP contribution in [0.5, 0.6) is 11.5 Å². The predicted molar refractivity (Wildman–Crippen MR) is 130 cm³/mol. The largest absolute Gasteiger partial charge is 0.492 e. The lowest BCUT2D eigenvalue weighted by molar-refractivity contribution is 0.172. The van der Waals surface area contributed by atoms with E-state index in [4.69, 9.17) is 25.8 Å². The molecule has 0 N–H and O–H groups in total. The van der Waals surface area contributed by atoms with E-state index < -0.39 is 0 Å². The molecular formula is C26H29ClN2O4. The van der Waals surface area contributed by atoms with E-state index in [1.54, 1.807) is 19.4 Å². The van der Waals surface area contributed by atoms with Gasteiger partial charge in [0.15, 0.2) is 5.43 Å². The second-order valence-corrected chi connectivity index (χ2v) is 9.02. The van der Waals surface area contributed by atoms with Crippen LogP contribution in [0, 0.1) is 12.8 Å². The number of halogens is 1. The van der Waals surface area contributed by atoms with Crippen LogP contribution in [0.1, 0.15) is 31.9 Å². The van der Waals surface area contributed by atoms with Crippen molar-refractivity contribution in [3.8, 4) is 34.0 Å². The summed E-state index contributed by atoms with van der Waals surface area (Å²) in [5.74, 6) is 1.49. The van der Waals surface area contributed by atoms with Crippen molar-refractivity contribution in [1.82, 2.24) is 9.55 Å². The van der Waals surface area contributed by atoms with Crippen LogP contribution in [-0.2, 0) is 4.74 Å². The molecule has 0 spiro atoms. The van der Waals surface area contributed by atoms with Gasteiger partial charge in [0.25, 0.3) is 0 Å². The fourth-order valence-electron chi connectivity index (χ4n) is 4.10. The summed E-state index contributed by atoms with van der Waals surface area (Å²) in [6, 6.07) is 9.17. The monoisotopic (exact) mass is 468 g/mol. The maximum absolute atomic E-state index is 13.2. The molecule has 0 saturated heterocycles. The van der Waals surface area contributed by atoms with Gasteiger partial charge in [-0.05, 0) is 30.5 Å². The van der Waals surface area contributed by atoms with Gasteiger partial charge in [0.1, 0.15) is 18.1 Å². The molecule has 0 amide bonds. The van der Waals surface area contributed by atoms with Crippen molar-refractivity contribution < 1.29 is 14.2 Å². The minimum Gasteiger partial charge on any atom is -0.492 e. The summed E-state index contributed by atoms with van der Waals surface area (Å²) in [7, 11) is 1.66. The van der Waals surface area contributed by atoms with E-state index in [1.165, 1.54) is 0 Å². The highest BCUT2D eigenvalue weighted by molar-refractivity contribution is 6.32. The molecule has 7 heteroatoms. The Bertz CT molecular complexity index is 1210. The first-order chi connectivity index (χ1) is 15.9. The Labute approximate surface area is 199 Å². The molecule has 2 aromatic heterocycles. The fraction of sp³-hybridized carbons (Fsp3) is 0.385. The molecule has 0 bridgehead atoms. The molecule has 1 atom stereocenters. The second kappa shape index (κ2) is 9.98. The summed E-state index contributed by atoms with van der Waals surface area (Å²) < 4.78 is 19.3. The van der Waals surface area contributed by atoms with Crippen molar-refractivity contribution in [2.75, 3.05) is 26.9 Å². The first-order valence-electron chi connectivity index (χ1n) is 11.2. The lowest BCUT2D eigenvalue weighted by atomic mass is 10.0. The topological polar surface area (TPSA) is 62.6 Å². The van der Waals surface area contributed by atoms with Crippen LogP contribution in [0.4, 0.5) is 0 Å². The zero-order valence-electron chi connectivity index (χ0n) is 19.4. The van der Waals surface area contributed by atoms with E-state index in [1.807, 2.05) is 37.4 Å². The van der Waals surface area contributed by atoms with Gasteiger partial charge in [-0.2, -0.15) is 0 Å². The molecule has 0 fully saturated rings. The summed E-state index contributed by atoms with van der Waals surface area (Å²) in [5.41, 5.74) is 3.69. The summed E-state index contributed by atoms with van der Waals surface area (Å²) in [6.07, 6.45) is 4.39. The van der Waals surface area contributed by atoms with Crippen molar-refractivity contribution in [3.05, 3.63) is 63.5 Å². The number of pyridine rings is 2. The molecule has 1 aliphatic rings. The van der Waals surface area contributed by atoms with Gasteiger partial charge in [0, 0.05) is 50.2 Å². The fourth-order valence-corrected chi connectivity index (χ4v) is 4.32. The number of aryl methyl sites for hydroxylation is 1. The normalized spacial score (nSPS) is 14.9. The molecular weight excluding hydrogens is 440 g/mol. The molecule has 33 heavy (non-hydrogen) atoms. The van der Waals surface area contributed by atoms with Gasteiger partial charge in [0.2, 0.25) is 0 Å². The molecule has 0 aliphatic carbocycles. The number of rotatable bonds is 7. The number of methoxy groups -OCH3 is 1. The minimum absolute atomic E-state index is 0.0283. The minimum atomic E-state index is -0.0885. The van der Waals surface area contributed by atoms with Crippen LogP contribution in [0.15, 0.2) is 47.5 Å². The molecule has 0 saturated carbocycles. The number of hydrogen-bond donors (Lipinski definition) is 0. The van der Waals surface area contributed by atoms with Crippen molar-refractivity contribution in [2.24, 2.45) is 5.92 Å². The zero-order chi connectivity index (χ0) is 23.5. The number of ether oxygens (including phenoxy) is 3. The molecule has 3 aromatic rings. The van der Waals surface area contributed by atoms with Crippen LogP contribution in [-0.4, -0.2) is 36.5 Å². The van der Waals surface area contributed by atoms with E-state index in [0.29, 0.717) is 47.6 Å². The maximum atomic E-state index is 13.2. The van der Waals surface area contributed by atoms with Crippen LogP contribution in [0.25, 0.3) is 22.5 Å². The molecule has 0 unspecified atom stereocenters. The molecule has 6 nitrogen and oxygen atoms in total. The molecule has 0 radical (unpaired) electrons. The van der Waals surface area contributed by atoms with Crippen LogP contribution in [0.2, 0.25) is 5.02 Å². The number of aromatic nitrogens is 2. The third kappa shape index (κ3) is 4.77. The second-order valence-electron chi connectivity index (χ2n) is 8.61. The Kier molecular flexibility index (Phi) is 7.05. The lowest BCUT2D eigenvalue weighted by Gasteiger charge is -2.25. The third-order valence-corrected chi connectivity index (χ3v) is 6.24. The van der Waals surface area contributed by atoms with Gasteiger partial charge in [-0.15, -0.1) is 0 Å². The van der Waals surface area contributed by atoms with Crippen LogP contribution in [0.3, 0.4) is 0 Å². The quantitative estimate of drug-likeness (QED) is 0.426. The van der Waals surface area contributed by atoms with Crippen molar-refractivity contribution in [1.29, 1.82) is 0 Å². The van der Waals surface area contributed by atoms with E-state index in [2.05, 4.69) is 23.4 Å². The van der Waals surface area contributed by atoms with Crippen LogP contribution >= 0.6 is 11.6 Å². The Balaban J connectivity index is 1.83. The average molecular weight is 469 g/mol. The van der Waals surface area contributed by atoms with E-state index >= 15 is 0 Å². The third-order valence-electron chi connectivity index (χ3n) is 5.94. The Hall–Kier alpha value is -2.83. The molecule has 174 valence electrons. The highest BCUT2D eigenvalue weighted by Crippen LogP contribution is 2.42. The summed E-state index contributed by atoms with van der Waals surface area (Å²) in [5, 5.41) is 0.474. The first-order valence-corrected chi connectivity index (χ1v) is 11.5. The molecule has 3 heterocycles. The van der Waals surface area contributed by atoms with Crippen LogP contribution < -0.4 is 14.9 Å². The van der Waals surface area contributed by atoms with Gasteiger partial charge in [-0.1, -0.05) is 31.5 Å². The van der Waals surface area contributed by atoms with E-state index in [-0.39, 0.29) is 17.4 Å². The SMILES string of the molecule is COCCCOc1cc2c(cc1Cl)-c1cc(=O)c(-c3ncccc3C)cn1[C@H](C(C)C)CO2. The maximum Gasteiger partial charge on any atom is 0.191 e. The van der Waals surface area contributed by atoms with Crippen molar-refractivity contribution in [3.63, 3.8) is 0 Å². The highest BCUT2D eigenvalue weighted by Gasteiger charge is 2.27. The van der Waals surface area contributed by atoms with Gasteiger partial charge in [-0.3, -0.25) is 9.78 Å². The Morgan fingerprint density at radius 2 is 2.06 bits per heavy atom. The summed E-state index contributed by atoms with van der Waals surface area (Å²) in [4.78, 5) is 17.7. The van der Waals surface area contributed by atoms with Gasteiger partial charge in [-0.25, -0.2) is 0 Å². The Morgan fingerprint density at radius 3 is 2.79 bits per heavy atom.